The summed E-state index contributed by atoms with van der Waals surface area (Å²) in [7, 11) is 3.73. The maximum atomic E-state index is 10.7. The molecular weight excluding hydrogens is 310 g/mol. The molecule has 126 valence electrons. The van der Waals surface area contributed by atoms with Crippen LogP contribution in [0.4, 0.5) is 0 Å². The van der Waals surface area contributed by atoms with Crippen LogP contribution in [0.5, 0.6) is 0 Å². The monoisotopic (exact) mass is 339 g/mol. The van der Waals surface area contributed by atoms with Crippen molar-refractivity contribution in [3.63, 3.8) is 0 Å². The number of aliphatic carboxylic acids is 1. The third-order valence-electron chi connectivity index (χ3n) is 2.10. The van der Waals surface area contributed by atoms with Crippen LogP contribution in [0.2, 0.25) is 0 Å². The maximum Gasteiger partial charge on any atom is 0.320 e. The summed E-state index contributed by atoms with van der Waals surface area (Å²) in [6, 6.07) is -0.805. The van der Waals surface area contributed by atoms with Gasteiger partial charge in [0.05, 0.1) is 6.54 Å². The zero-order valence-electron chi connectivity index (χ0n) is 13.3. The zero-order valence-corrected chi connectivity index (χ0v) is 15.0. The molecule has 6 N–H and O–H groups in total. The highest BCUT2D eigenvalue weighted by Crippen LogP contribution is 2.32. The highest BCUT2D eigenvalue weighted by molar-refractivity contribution is 8.76. The molecule has 21 heavy (non-hydrogen) atoms. The Kier molecular flexibility index (Phi) is 14.4. The van der Waals surface area contributed by atoms with Gasteiger partial charge in [-0.15, -0.1) is 0 Å². The molecule has 0 bridgehead atoms. The van der Waals surface area contributed by atoms with Crippen LogP contribution < -0.4 is 16.8 Å². The summed E-state index contributed by atoms with van der Waals surface area (Å²) < 4.78 is 0.430. The molecule has 0 aliphatic carbocycles. The van der Waals surface area contributed by atoms with Gasteiger partial charge >= 0.3 is 5.97 Å². The Labute approximate surface area is 135 Å². The zero-order chi connectivity index (χ0) is 16.9. The maximum absolute atomic E-state index is 10.7. The van der Waals surface area contributed by atoms with Crippen LogP contribution >= 0.6 is 21.6 Å². The summed E-state index contributed by atoms with van der Waals surface area (Å²) >= 11 is 0. The predicted molar refractivity (Wildman–Crippen MR) is 92.4 cm³/mol. The third kappa shape index (κ3) is 19.6. The number of hydrogen-bond donors (Lipinski definition) is 4. The van der Waals surface area contributed by atoms with Crippen LogP contribution in [-0.2, 0) is 9.59 Å². The van der Waals surface area contributed by atoms with E-state index in [0.29, 0.717) is 30.6 Å². The van der Waals surface area contributed by atoms with Gasteiger partial charge in [-0.3, -0.25) is 9.59 Å². The molecule has 0 fully saturated rings. The minimum absolute atomic E-state index is 0.0192. The molecule has 1 atom stereocenters. The molecular formula is C13H29N3O3S2. The van der Waals surface area contributed by atoms with E-state index in [0.717, 1.165) is 0 Å². The molecule has 0 saturated heterocycles. The third-order valence-corrected chi connectivity index (χ3v) is 4.77. The van der Waals surface area contributed by atoms with E-state index in [2.05, 4.69) is 32.3 Å². The van der Waals surface area contributed by atoms with Crippen molar-refractivity contribution >= 4 is 33.5 Å². The lowest BCUT2D eigenvalue weighted by atomic mass is 10.1. The fourth-order valence-electron chi connectivity index (χ4n) is 1.16. The van der Waals surface area contributed by atoms with Gasteiger partial charge in [0.15, 0.2) is 0 Å². The molecule has 0 aliphatic rings. The first kappa shape index (κ1) is 22.8. The van der Waals surface area contributed by atoms with Crippen LogP contribution in [0.25, 0.3) is 0 Å². The standard InChI is InChI=1S/C8H17N3O3.C5H12S2/c9-5-7(12)11-4-2-1-3-6(10)8(13)14;1-5(2,3)7-6-4/h6H,1-5,9-10H2,(H,11,12)(H,13,14);1-4H3. The smallest absolute Gasteiger partial charge is 0.320 e. The molecule has 0 aromatic rings. The van der Waals surface area contributed by atoms with Crippen molar-refractivity contribution in [2.24, 2.45) is 11.5 Å². The normalized spacial score (nSPS) is 12.1. The molecule has 0 aliphatic heterocycles. The summed E-state index contributed by atoms with van der Waals surface area (Å²) in [6.07, 6.45) is 3.93. The number of nitrogens with two attached hydrogens (primary N) is 2. The number of carboxylic acids is 1. The molecule has 0 saturated carbocycles. The highest BCUT2D eigenvalue weighted by atomic mass is 33.1. The minimum atomic E-state index is -0.990. The van der Waals surface area contributed by atoms with Gasteiger partial charge in [-0.05, 0) is 25.5 Å². The first-order valence-corrected chi connectivity index (χ1v) is 9.36. The van der Waals surface area contributed by atoms with E-state index in [9.17, 15) is 9.59 Å². The van der Waals surface area contributed by atoms with Gasteiger partial charge in [-0.2, -0.15) is 0 Å². The lowest BCUT2D eigenvalue weighted by molar-refractivity contribution is -0.138. The second-order valence-corrected chi connectivity index (χ2v) is 8.58. The van der Waals surface area contributed by atoms with E-state index in [1.54, 1.807) is 0 Å². The summed E-state index contributed by atoms with van der Waals surface area (Å²) in [6.45, 7) is 7.15. The highest BCUT2D eigenvalue weighted by Gasteiger charge is 2.10. The SMILES string of the molecule is CSSC(C)(C)C.NCC(=O)NCCCCC(N)C(=O)O. The largest absolute Gasteiger partial charge is 0.480 e. The fourth-order valence-corrected chi connectivity index (χ4v) is 3.16. The Bertz CT molecular complexity index is 297. The fraction of sp³-hybridized carbons (Fsp3) is 0.846. The number of unbranched alkanes of at least 4 members (excludes halogenated alkanes) is 1. The summed E-state index contributed by atoms with van der Waals surface area (Å²) in [5.41, 5.74) is 10.3. The van der Waals surface area contributed by atoms with E-state index < -0.39 is 12.0 Å². The number of carbonyl (C=O) groups excluding carboxylic acids is 1. The molecule has 0 heterocycles. The van der Waals surface area contributed by atoms with E-state index in [-0.39, 0.29) is 12.5 Å². The molecule has 1 amide bonds. The van der Waals surface area contributed by atoms with Gasteiger partial charge < -0.3 is 21.9 Å². The lowest BCUT2D eigenvalue weighted by Gasteiger charge is -2.13. The average molecular weight is 340 g/mol. The van der Waals surface area contributed by atoms with Crippen LogP contribution in [-0.4, -0.2) is 47.1 Å². The number of nitrogens with one attached hydrogen (secondary N) is 1. The van der Waals surface area contributed by atoms with Crippen molar-refractivity contribution in [3.8, 4) is 0 Å². The van der Waals surface area contributed by atoms with Crippen molar-refractivity contribution in [1.82, 2.24) is 5.32 Å². The molecule has 8 heteroatoms. The van der Waals surface area contributed by atoms with E-state index >= 15 is 0 Å². The van der Waals surface area contributed by atoms with Gasteiger partial charge in [-0.25, -0.2) is 0 Å². The Morgan fingerprint density at radius 3 is 2.19 bits per heavy atom. The summed E-state index contributed by atoms with van der Waals surface area (Å²) in [5, 5.41) is 11.0. The van der Waals surface area contributed by atoms with Gasteiger partial charge in [-0.1, -0.05) is 42.4 Å². The number of hydrogen-bond acceptors (Lipinski definition) is 6. The van der Waals surface area contributed by atoms with Crippen LogP contribution in [0.1, 0.15) is 40.0 Å². The Morgan fingerprint density at radius 2 is 1.86 bits per heavy atom. The van der Waals surface area contributed by atoms with E-state index in [4.69, 9.17) is 16.6 Å². The van der Waals surface area contributed by atoms with Crippen molar-refractivity contribution in [1.29, 1.82) is 0 Å². The molecule has 1 unspecified atom stereocenters. The quantitative estimate of drug-likeness (QED) is 0.390. The average Bonchev–Trinajstić information content (AvgIpc) is 2.36. The van der Waals surface area contributed by atoms with Crippen molar-refractivity contribution in [2.45, 2.75) is 50.8 Å². The Balaban J connectivity index is 0. The van der Waals surface area contributed by atoms with Crippen LogP contribution in [0.3, 0.4) is 0 Å². The predicted octanol–water partition coefficient (Wildman–Crippen LogP) is 1.44. The van der Waals surface area contributed by atoms with Crippen LogP contribution in [0.15, 0.2) is 0 Å². The van der Waals surface area contributed by atoms with Gasteiger partial charge in [0.25, 0.3) is 0 Å². The van der Waals surface area contributed by atoms with Crippen molar-refractivity contribution in [2.75, 3.05) is 19.3 Å². The van der Waals surface area contributed by atoms with Crippen LogP contribution in [0, 0.1) is 0 Å². The molecule has 0 aromatic carbocycles. The van der Waals surface area contributed by atoms with Gasteiger partial charge in [0.2, 0.25) is 5.91 Å². The van der Waals surface area contributed by atoms with Crippen molar-refractivity contribution < 1.29 is 14.7 Å². The molecule has 0 aromatic heterocycles. The second kappa shape index (κ2) is 13.2. The van der Waals surface area contributed by atoms with Gasteiger partial charge in [0.1, 0.15) is 6.04 Å². The van der Waals surface area contributed by atoms with E-state index in [1.807, 2.05) is 21.6 Å². The molecule has 0 spiro atoms. The summed E-state index contributed by atoms with van der Waals surface area (Å²) in [5.74, 6) is -1.19. The van der Waals surface area contributed by atoms with Crippen molar-refractivity contribution in [3.05, 3.63) is 0 Å². The molecule has 0 radical (unpaired) electrons. The number of rotatable bonds is 8. The first-order valence-electron chi connectivity index (χ1n) is 6.81. The van der Waals surface area contributed by atoms with Gasteiger partial charge in [0, 0.05) is 11.3 Å². The Hall–Kier alpha value is -0.440. The Morgan fingerprint density at radius 1 is 1.29 bits per heavy atom. The minimum Gasteiger partial charge on any atom is -0.480 e. The number of amides is 1. The number of carboxylic acid groups (broad SMARTS) is 1. The van der Waals surface area contributed by atoms with E-state index in [1.165, 1.54) is 0 Å². The molecule has 6 nitrogen and oxygen atoms in total. The lowest BCUT2D eigenvalue weighted by Crippen LogP contribution is -2.32. The first-order chi connectivity index (χ1) is 9.64. The number of carbonyl (C=O) groups is 2. The second-order valence-electron chi connectivity index (χ2n) is 5.36. The molecule has 0 rings (SSSR count). The topological polar surface area (TPSA) is 118 Å². The summed E-state index contributed by atoms with van der Waals surface area (Å²) in [4.78, 5) is 21.0.